The van der Waals surface area contributed by atoms with E-state index in [9.17, 15) is 9.59 Å². The summed E-state index contributed by atoms with van der Waals surface area (Å²) in [6.07, 6.45) is 3.65. The van der Waals surface area contributed by atoms with Gasteiger partial charge in [-0.3, -0.25) is 14.3 Å². The normalized spacial score (nSPS) is 16.2. The van der Waals surface area contributed by atoms with E-state index in [0.717, 1.165) is 38.2 Å². The van der Waals surface area contributed by atoms with Crippen LogP contribution in [0.2, 0.25) is 0 Å². The van der Waals surface area contributed by atoms with E-state index in [1.807, 2.05) is 12.1 Å². The monoisotopic (exact) mass is 330 g/mol. The fraction of sp³-hybridized carbons (Fsp3) is 0.412. The molecule has 3 N–H and O–H groups in total. The summed E-state index contributed by atoms with van der Waals surface area (Å²) in [5.41, 5.74) is 5.40. The zero-order valence-corrected chi connectivity index (χ0v) is 13.5. The van der Waals surface area contributed by atoms with Crippen LogP contribution in [-0.2, 0) is 0 Å². The molecule has 0 bridgehead atoms. The summed E-state index contributed by atoms with van der Waals surface area (Å²) in [5.74, 6) is 0.786. The number of nitrogens with one attached hydrogen (secondary N) is 1. The first kappa shape index (κ1) is 16.5. The molecular weight excluding hydrogens is 308 g/mol. The van der Waals surface area contributed by atoms with E-state index in [-0.39, 0.29) is 6.10 Å². The van der Waals surface area contributed by atoms with Crippen LogP contribution in [-0.4, -0.2) is 46.7 Å². The molecule has 1 fully saturated rings. The van der Waals surface area contributed by atoms with Gasteiger partial charge in [0, 0.05) is 38.4 Å². The summed E-state index contributed by atoms with van der Waals surface area (Å²) in [4.78, 5) is 27.5. The molecule has 0 radical (unpaired) electrons. The van der Waals surface area contributed by atoms with Crippen molar-refractivity contribution in [2.24, 2.45) is 5.73 Å². The molecule has 1 aromatic carbocycles. The van der Waals surface area contributed by atoms with Crippen molar-refractivity contribution in [3.05, 3.63) is 57.4 Å². The highest BCUT2D eigenvalue weighted by Crippen LogP contribution is 2.20. The molecule has 1 aliphatic heterocycles. The Morgan fingerprint density at radius 2 is 1.83 bits per heavy atom. The molecule has 0 aliphatic carbocycles. The minimum absolute atomic E-state index is 0.209. The molecule has 1 saturated heterocycles. The number of hydrogen-bond donors (Lipinski definition) is 2. The molecule has 0 saturated carbocycles. The van der Waals surface area contributed by atoms with Crippen molar-refractivity contribution in [3.63, 3.8) is 0 Å². The number of hydrogen-bond acceptors (Lipinski definition) is 5. The van der Waals surface area contributed by atoms with Crippen molar-refractivity contribution in [3.8, 4) is 11.4 Å². The molecule has 3 rings (SSSR count). The van der Waals surface area contributed by atoms with Crippen molar-refractivity contribution in [1.29, 1.82) is 0 Å². The summed E-state index contributed by atoms with van der Waals surface area (Å²) in [5, 5.41) is 0. The van der Waals surface area contributed by atoms with Crippen molar-refractivity contribution in [2.45, 2.75) is 18.9 Å². The van der Waals surface area contributed by atoms with Crippen LogP contribution < -0.4 is 21.7 Å². The number of piperidine rings is 1. The van der Waals surface area contributed by atoms with E-state index in [0.29, 0.717) is 12.2 Å². The SMILES string of the molecule is NCCN1CCC(Oc2ccc(-n3ccc(=O)[nH]c3=O)cc2)CC1. The number of nitrogens with two attached hydrogens (primary N) is 1. The summed E-state index contributed by atoms with van der Waals surface area (Å²) in [6.45, 7) is 3.64. The second kappa shape index (κ2) is 7.46. The first-order chi connectivity index (χ1) is 11.7. The fourth-order valence-corrected chi connectivity index (χ4v) is 2.93. The predicted octanol–water partition coefficient (Wildman–Crippen LogP) is 0.328. The highest BCUT2D eigenvalue weighted by molar-refractivity contribution is 5.37. The molecular formula is C17H22N4O3. The number of ether oxygens (including phenoxy) is 1. The Bertz CT molecular complexity index is 773. The van der Waals surface area contributed by atoms with Crippen LogP contribution in [0, 0.1) is 0 Å². The Kier molecular flexibility index (Phi) is 5.12. The predicted molar refractivity (Wildman–Crippen MR) is 91.8 cm³/mol. The van der Waals surface area contributed by atoms with E-state index in [1.165, 1.54) is 16.8 Å². The topological polar surface area (TPSA) is 93.3 Å². The number of benzene rings is 1. The molecule has 2 heterocycles. The van der Waals surface area contributed by atoms with Crippen molar-refractivity contribution in [1.82, 2.24) is 14.5 Å². The number of rotatable bonds is 5. The minimum atomic E-state index is -0.455. The Morgan fingerprint density at radius 1 is 1.12 bits per heavy atom. The molecule has 24 heavy (non-hydrogen) atoms. The lowest BCUT2D eigenvalue weighted by Crippen LogP contribution is -2.40. The maximum atomic E-state index is 11.8. The van der Waals surface area contributed by atoms with Crippen molar-refractivity contribution >= 4 is 0 Å². The van der Waals surface area contributed by atoms with Gasteiger partial charge in [-0.1, -0.05) is 0 Å². The lowest BCUT2D eigenvalue weighted by molar-refractivity contribution is 0.102. The van der Waals surface area contributed by atoms with Crippen LogP contribution in [0.4, 0.5) is 0 Å². The van der Waals surface area contributed by atoms with E-state index in [2.05, 4.69) is 9.88 Å². The van der Waals surface area contributed by atoms with E-state index in [1.54, 1.807) is 12.1 Å². The first-order valence-electron chi connectivity index (χ1n) is 8.17. The van der Waals surface area contributed by atoms with Gasteiger partial charge in [0.25, 0.3) is 5.56 Å². The number of likely N-dealkylation sites (tertiary alicyclic amines) is 1. The summed E-state index contributed by atoms with van der Waals surface area (Å²) in [6, 6.07) is 8.62. The lowest BCUT2D eigenvalue weighted by atomic mass is 10.1. The second-order valence-corrected chi connectivity index (χ2v) is 5.92. The van der Waals surface area contributed by atoms with Gasteiger partial charge in [0.1, 0.15) is 11.9 Å². The van der Waals surface area contributed by atoms with Crippen molar-refractivity contribution in [2.75, 3.05) is 26.2 Å². The maximum Gasteiger partial charge on any atom is 0.332 e. The number of H-pyrrole nitrogens is 1. The lowest BCUT2D eigenvalue weighted by Gasteiger charge is -2.31. The summed E-state index contributed by atoms with van der Waals surface area (Å²) >= 11 is 0. The molecule has 7 nitrogen and oxygen atoms in total. The molecule has 128 valence electrons. The van der Waals surface area contributed by atoms with Crippen molar-refractivity contribution < 1.29 is 4.74 Å². The van der Waals surface area contributed by atoms with Gasteiger partial charge in [-0.15, -0.1) is 0 Å². The Morgan fingerprint density at radius 3 is 2.46 bits per heavy atom. The van der Waals surface area contributed by atoms with Crippen LogP contribution in [0.15, 0.2) is 46.1 Å². The largest absolute Gasteiger partial charge is 0.490 e. The molecule has 0 unspecified atom stereocenters. The van der Waals surface area contributed by atoms with E-state index >= 15 is 0 Å². The molecule has 0 spiro atoms. The van der Waals surface area contributed by atoms with E-state index < -0.39 is 11.2 Å². The van der Waals surface area contributed by atoms with Crippen LogP contribution in [0.1, 0.15) is 12.8 Å². The second-order valence-electron chi connectivity index (χ2n) is 5.92. The van der Waals surface area contributed by atoms with Gasteiger partial charge in [-0.05, 0) is 37.1 Å². The van der Waals surface area contributed by atoms with Gasteiger partial charge in [0.05, 0.1) is 5.69 Å². The summed E-state index contributed by atoms with van der Waals surface area (Å²) in [7, 11) is 0. The zero-order chi connectivity index (χ0) is 16.9. The third-order valence-electron chi connectivity index (χ3n) is 4.22. The van der Waals surface area contributed by atoms with Crippen LogP contribution in [0.3, 0.4) is 0 Å². The quantitative estimate of drug-likeness (QED) is 0.824. The Hall–Kier alpha value is -2.38. The average molecular weight is 330 g/mol. The minimum Gasteiger partial charge on any atom is -0.490 e. The standard InChI is InChI=1S/C17H22N4O3/c18-8-12-20-9-5-15(6-10-20)24-14-3-1-13(2-4-14)21-11-7-16(22)19-17(21)23/h1-4,7,11,15H,5-6,8-10,12,18H2,(H,19,22,23). The van der Waals surface area contributed by atoms with E-state index in [4.69, 9.17) is 10.5 Å². The first-order valence-corrected chi connectivity index (χ1v) is 8.17. The van der Waals surface area contributed by atoms with Gasteiger partial charge in [-0.2, -0.15) is 0 Å². The molecule has 7 heteroatoms. The highest BCUT2D eigenvalue weighted by Gasteiger charge is 2.19. The molecule has 0 atom stereocenters. The highest BCUT2D eigenvalue weighted by atomic mass is 16.5. The maximum absolute atomic E-state index is 11.8. The number of aromatic amines is 1. The average Bonchev–Trinajstić information content (AvgIpc) is 2.58. The number of aromatic nitrogens is 2. The number of nitrogens with zero attached hydrogens (tertiary/aromatic N) is 2. The van der Waals surface area contributed by atoms with Gasteiger partial charge < -0.3 is 15.4 Å². The van der Waals surface area contributed by atoms with Gasteiger partial charge in [0.15, 0.2) is 0 Å². The fourth-order valence-electron chi connectivity index (χ4n) is 2.93. The molecule has 2 aromatic rings. The third kappa shape index (κ3) is 3.93. The molecule has 0 amide bonds. The molecule has 1 aliphatic rings. The van der Waals surface area contributed by atoms with Crippen LogP contribution in [0.5, 0.6) is 5.75 Å². The summed E-state index contributed by atoms with van der Waals surface area (Å²) < 4.78 is 7.40. The zero-order valence-electron chi connectivity index (χ0n) is 13.5. The third-order valence-corrected chi connectivity index (χ3v) is 4.22. The van der Waals surface area contributed by atoms with Crippen LogP contribution >= 0.6 is 0 Å². The van der Waals surface area contributed by atoms with Crippen LogP contribution in [0.25, 0.3) is 5.69 Å². The molecule has 1 aromatic heterocycles. The Balaban J connectivity index is 1.63. The van der Waals surface area contributed by atoms with Gasteiger partial charge in [0.2, 0.25) is 0 Å². The van der Waals surface area contributed by atoms with Gasteiger partial charge in [-0.25, -0.2) is 4.79 Å². The van der Waals surface area contributed by atoms with Gasteiger partial charge >= 0.3 is 5.69 Å². The smallest absolute Gasteiger partial charge is 0.332 e. The Labute approximate surface area is 139 Å².